The lowest BCUT2D eigenvalue weighted by Gasteiger charge is -2.34. The van der Waals surface area contributed by atoms with Gasteiger partial charge in [-0.1, -0.05) is 32.9 Å². The number of hydrogen-bond acceptors (Lipinski definition) is 8. The number of fused-ring (bicyclic) bond motifs is 3. The van der Waals surface area contributed by atoms with Crippen LogP contribution in [0.25, 0.3) is 10.8 Å². The summed E-state index contributed by atoms with van der Waals surface area (Å²) < 4.78 is 17.1. The quantitative estimate of drug-likeness (QED) is 0.585. The minimum atomic E-state index is -0.831. The molecule has 0 saturated carbocycles. The van der Waals surface area contributed by atoms with Crippen molar-refractivity contribution >= 4 is 28.6 Å². The highest BCUT2D eigenvalue weighted by molar-refractivity contribution is 5.90. The maximum Gasteiger partial charge on any atom is 0.328 e. The predicted molar refractivity (Wildman–Crippen MR) is 140 cm³/mol. The van der Waals surface area contributed by atoms with Crippen LogP contribution in [-0.2, 0) is 23.9 Å². The molecule has 1 unspecified atom stereocenters. The van der Waals surface area contributed by atoms with Crippen LogP contribution >= 0.6 is 0 Å². The highest BCUT2D eigenvalue weighted by Crippen LogP contribution is 2.35. The maximum atomic E-state index is 13.9. The van der Waals surface area contributed by atoms with Crippen LogP contribution in [0.15, 0.2) is 30.5 Å². The molecular formula is C29H38N2O7. The van der Waals surface area contributed by atoms with Gasteiger partial charge in [-0.2, -0.15) is 0 Å². The number of aromatic nitrogens is 1. The zero-order valence-electron chi connectivity index (χ0n) is 22.6. The summed E-state index contributed by atoms with van der Waals surface area (Å²) in [7, 11) is 0. The molecule has 38 heavy (non-hydrogen) atoms. The Labute approximate surface area is 223 Å². The summed E-state index contributed by atoms with van der Waals surface area (Å²) in [6.45, 7) is 7.98. The smallest absolute Gasteiger partial charge is 0.328 e. The summed E-state index contributed by atoms with van der Waals surface area (Å²) in [5.41, 5.74) is 0.196. The van der Waals surface area contributed by atoms with E-state index >= 15 is 0 Å². The Morgan fingerprint density at radius 2 is 2.00 bits per heavy atom. The van der Waals surface area contributed by atoms with E-state index < -0.39 is 41.5 Å². The van der Waals surface area contributed by atoms with Crippen molar-refractivity contribution in [2.75, 3.05) is 19.8 Å². The number of esters is 2. The van der Waals surface area contributed by atoms with Gasteiger partial charge in [0.05, 0.1) is 38.2 Å². The highest BCUT2D eigenvalue weighted by Gasteiger charge is 2.46. The van der Waals surface area contributed by atoms with E-state index in [1.54, 1.807) is 13.1 Å². The van der Waals surface area contributed by atoms with E-state index in [1.165, 1.54) is 4.90 Å². The van der Waals surface area contributed by atoms with Crippen LogP contribution in [0.5, 0.6) is 5.88 Å². The molecule has 9 heteroatoms. The van der Waals surface area contributed by atoms with Crippen molar-refractivity contribution in [3.05, 3.63) is 36.0 Å². The van der Waals surface area contributed by atoms with Crippen LogP contribution in [-0.4, -0.2) is 64.7 Å². The maximum absolute atomic E-state index is 13.9. The lowest BCUT2D eigenvalue weighted by atomic mass is 9.77. The number of aliphatic hydroxyl groups excluding tert-OH is 1. The van der Waals surface area contributed by atoms with Crippen LogP contribution in [0.1, 0.15) is 71.5 Å². The van der Waals surface area contributed by atoms with Gasteiger partial charge in [-0.25, -0.2) is 9.78 Å². The van der Waals surface area contributed by atoms with E-state index in [1.807, 2.05) is 45.0 Å². The summed E-state index contributed by atoms with van der Waals surface area (Å²) >= 11 is 0. The number of pyridine rings is 1. The number of nitrogens with zero attached hydrogens (tertiary/aromatic N) is 2. The van der Waals surface area contributed by atoms with Crippen LogP contribution < -0.4 is 4.74 Å². The molecule has 1 amide bonds. The summed E-state index contributed by atoms with van der Waals surface area (Å²) in [5, 5.41) is 12.5. The Hall–Kier alpha value is -3.20. The fraction of sp³-hybridized carbons (Fsp3) is 0.586. The molecule has 0 aliphatic carbocycles. The standard InChI is InChI=1S/C29H38N2O7/c1-5-36-28(35)23-15-20-17-31(23)27(34)22(29(2,3)4)16-25(33)37-13-7-6-8-24(32)19-10-9-18-11-12-30-26(38-20)21(18)14-19/h9-12,14,20,22-24,32H,5-8,13,15-17H2,1-4H3/t20-,22-,23+,24?/m1/s1. The molecule has 1 saturated heterocycles. The van der Waals surface area contributed by atoms with Gasteiger partial charge in [-0.05, 0) is 54.7 Å². The Morgan fingerprint density at radius 3 is 2.74 bits per heavy atom. The number of carbonyl (C=O) groups is 3. The first-order chi connectivity index (χ1) is 18.1. The average molecular weight is 527 g/mol. The normalized spacial score (nSPS) is 25.4. The number of hydrogen-bond donors (Lipinski definition) is 1. The Balaban J connectivity index is 1.72. The van der Waals surface area contributed by atoms with E-state index in [0.29, 0.717) is 25.1 Å². The zero-order valence-corrected chi connectivity index (χ0v) is 22.6. The first kappa shape index (κ1) is 27.8. The van der Waals surface area contributed by atoms with Crippen molar-refractivity contribution in [1.29, 1.82) is 0 Å². The van der Waals surface area contributed by atoms with Crippen molar-refractivity contribution in [2.45, 2.75) is 78.0 Å². The molecule has 0 spiro atoms. The average Bonchev–Trinajstić information content (AvgIpc) is 3.29. The van der Waals surface area contributed by atoms with Crippen molar-refractivity contribution < 1.29 is 33.7 Å². The number of carbonyl (C=O) groups excluding carboxylic acids is 3. The summed E-state index contributed by atoms with van der Waals surface area (Å²) in [6, 6.07) is 6.72. The molecule has 2 aliphatic heterocycles. The van der Waals surface area contributed by atoms with E-state index in [0.717, 1.165) is 16.3 Å². The van der Waals surface area contributed by atoms with Crippen molar-refractivity contribution in [1.82, 2.24) is 9.88 Å². The lowest BCUT2D eigenvalue weighted by molar-refractivity contribution is -0.158. The van der Waals surface area contributed by atoms with Crippen molar-refractivity contribution in [2.24, 2.45) is 11.3 Å². The Bertz CT molecular complexity index is 1180. The Morgan fingerprint density at radius 1 is 1.21 bits per heavy atom. The first-order valence-corrected chi connectivity index (χ1v) is 13.4. The molecule has 4 atom stereocenters. The van der Waals surface area contributed by atoms with Gasteiger partial charge in [0.2, 0.25) is 11.8 Å². The second kappa shape index (κ2) is 11.7. The van der Waals surface area contributed by atoms with Crippen molar-refractivity contribution in [3.8, 4) is 5.88 Å². The molecule has 206 valence electrons. The molecule has 1 N–H and O–H groups in total. The SMILES string of the molecule is CCOC(=O)[C@@H]1C[C@@H]2CN1C(=O)[C@H](C(C)(C)C)CC(=O)OCCCCC(O)c1ccc3ccnc(c3c1)O2. The topological polar surface area (TPSA) is 115 Å². The van der Waals surface area contributed by atoms with E-state index in [2.05, 4.69) is 4.98 Å². The van der Waals surface area contributed by atoms with Crippen molar-refractivity contribution in [3.63, 3.8) is 0 Å². The van der Waals surface area contributed by atoms with Crippen LogP contribution in [0.4, 0.5) is 0 Å². The molecule has 1 aromatic heterocycles. The second-order valence-corrected chi connectivity index (χ2v) is 11.2. The number of rotatable bonds is 2. The third-order valence-corrected chi connectivity index (χ3v) is 7.37. The summed E-state index contributed by atoms with van der Waals surface area (Å²) in [5.74, 6) is -1.55. The third-order valence-electron chi connectivity index (χ3n) is 7.37. The largest absolute Gasteiger partial charge is 0.472 e. The van der Waals surface area contributed by atoms with Gasteiger partial charge in [0.25, 0.3) is 0 Å². The zero-order chi connectivity index (χ0) is 27.4. The highest BCUT2D eigenvalue weighted by atomic mass is 16.5. The van der Waals surface area contributed by atoms with Gasteiger partial charge in [-0.3, -0.25) is 9.59 Å². The summed E-state index contributed by atoms with van der Waals surface area (Å²) in [4.78, 5) is 45.5. The van der Waals surface area contributed by atoms with Gasteiger partial charge in [-0.15, -0.1) is 0 Å². The van der Waals surface area contributed by atoms with E-state index in [9.17, 15) is 19.5 Å². The molecule has 3 heterocycles. The van der Waals surface area contributed by atoms with Gasteiger partial charge in [0, 0.05) is 18.0 Å². The fourth-order valence-corrected chi connectivity index (χ4v) is 5.19. The molecule has 4 rings (SSSR count). The van der Waals surface area contributed by atoms with Gasteiger partial charge >= 0.3 is 11.9 Å². The second-order valence-electron chi connectivity index (χ2n) is 11.2. The number of ether oxygens (including phenoxy) is 3. The molecule has 2 aliphatic rings. The predicted octanol–water partition coefficient (Wildman–Crippen LogP) is 3.96. The Kier molecular flexibility index (Phi) is 8.55. The lowest BCUT2D eigenvalue weighted by Crippen LogP contribution is -2.48. The van der Waals surface area contributed by atoms with Crippen LogP contribution in [0, 0.1) is 11.3 Å². The van der Waals surface area contributed by atoms with Gasteiger partial charge < -0.3 is 24.2 Å². The fourth-order valence-electron chi connectivity index (χ4n) is 5.19. The number of benzene rings is 1. The minimum absolute atomic E-state index is 0.0893. The minimum Gasteiger partial charge on any atom is -0.472 e. The van der Waals surface area contributed by atoms with Gasteiger partial charge in [0.1, 0.15) is 12.1 Å². The van der Waals surface area contributed by atoms with E-state index in [-0.39, 0.29) is 38.5 Å². The molecule has 0 radical (unpaired) electrons. The molecule has 1 aromatic carbocycles. The van der Waals surface area contributed by atoms with Crippen LogP contribution in [0.3, 0.4) is 0 Å². The number of aliphatic hydroxyl groups is 1. The molecule has 2 aromatic rings. The number of cyclic esters (lactones) is 1. The van der Waals surface area contributed by atoms with Gasteiger partial charge in [0.15, 0.2) is 0 Å². The molecule has 9 nitrogen and oxygen atoms in total. The first-order valence-electron chi connectivity index (χ1n) is 13.4. The van der Waals surface area contributed by atoms with Crippen LogP contribution in [0.2, 0.25) is 0 Å². The molecule has 4 bridgehead atoms. The summed E-state index contributed by atoms with van der Waals surface area (Å²) in [6.07, 6.45) is 2.40. The van der Waals surface area contributed by atoms with E-state index in [4.69, 9.17) is 14.2 Å². The molecular weight excluding hydrogens is 488 g/mol. The molecule has 1 fully saturated rings. The third kappa shape index (κ3) is 6.26. The number of amides is 1. The monoisotopic (exact) mass is 526 g/mol.